The van der Waals surface area contributed by atoms with E-state index < -0.39 is 22.4 Å². The Bertz CT molecular complexity index is 755. The lowest BCUT2D eigenvalue weighted by molar-refractivity contribution is -0.383. The molecule has 0 spiro atoms. The van der Waals surface area contributed by atoms with Crippen LogP contribution in [0.2, 0.25) is 5.02 Å². The standard InChI is InChI=1S/C11H8ClF3N6O2/c1-16-9-7(21(22)23)10(19-4-18-9)20-8-6(12)2-5(3-17-8)11(13,14)15/h2-4H,1H3,(H2,16,17,18,19,20). The Morgan fingerprint density at radius 2 is 1.87 bits per heavy atom. The van der Waals surface area contributed by atoms with E-state index in [0.29, 0.717) is 12.3 Å². The summed E-state index contributed by atoms with van der Waals surface area (Å²) in [5.74, 6) is -0.539. The van der Waals surface area contributed by atoms with Gasteiger partial charge in [0.1, 0.15) is 6.33 Å². The monoisotopic (exact) mass is 348 g/mol. The second-order valence-electron chi connectivity index (χ2n) is 4.10. The lowest BCUT2D eigenvalue weighted by Gasteiger charge is -2.11. The third-order valence-electron chi connectivity index (χ3n) is 2.65. The number of rotatable bonds is 4. The van der Waals surface area contributed by atoms with E-state index in [1.165, 1.54) is 7.05 Å². The molecule has 0 unspecified atom stereocenters. The molecule has 0 aromatic carbocycles. The summed E-state index contributed by atoms with van der Waals surface area (Å²) in [6.07, 6.45) is -3.01. The van der Waals surface area contributed by atoms with Crippen LogP contribution in [0.5, 0.6) is 0 Å². The molecule has 0 atom stereocenters. The van der Waals surface area contributed by atoms with Crippen LogP contribution < -0.4 is 10.6 Å². The highest BCUT2D eigenvalue weighted by molar-refractivity contribution is 6.33. The van der Waals surface area contributed by atoms with Gasteiger partial charge in [0.2, 0.25) is 11.6 Å². The molecule has 0 aliphatic heterocycles. The van der Waals surface area contributed by atoms with Gasteiger partial charge in [0, 0.05) is 13.2 Å². The van der Waals surface area contributed by atoms with Crippen LogP contribution in [0.25, 0.3) is 0 Å². The minimum Gasteiger partial charge on any atom is -0.367 e. The quantitative estimate of drug-likeness (QED) is 0.645. The first-order valence-corrected chi connectivity index (χ1v) is 6.28. The molecule has 2 rings (SSSR count). The fraction of sp³-hybridized carbons (Fsp3) is 0.182. The fourth-order valence-corrected chi connectivity index (χ4v) is 1.84. The molecule has 2 N–H and O–H groups in total. The Morgan fingerprint density at radius 3 is 2.39 bits per heavy atom. The summed E-state index contributed by atoms with van der Waals surface area (Å²) in [4.78, 5) is 21.3. The van der Waals surface area contributed by atoms with Crippen molar-refractivity contribution in [3.05, 3.63) is 39.3 Å². The van der Waals surface area contributed by atoms with Crippen molar-refractivity contribution in [1.82, 2.24) is 15.0 Å². The number of nitrogens with zero attached hydrogens (tertiary/aromatic N) is 4. The Balaban J connectivity index is 2.42. The summed E-state index contributed by atoms with van der Waals surface area (Å²) in [7, 11) is 1.42. The third kappa shape index (κ3) is 3.56. The van der Waals surface area contributed by atoms with E-state index in [4.69, 9.17) is 11.6 Å². The molecule has 0 saturated heterocycles. The molecule has 0 aliphatic rings. The van der Waals surface area contributed by atoms with Crippen LogP contribution in [-0.2, 0) is 6.18 Å². The summed E-state index contributed by atoms with van der Waals surface area (Å²) in [6.45, 7) is 0. The van der Waals surface area contributed by atoms with Crippen molar-refractivity contribution >= 4 is 34.7 Å². The fourth-order valence-electron chi connectivity index (χ4n) is 1.62. The number of nitrogens with one attached hydrogen (secondary N) is 2. The highest BCUT2D eigenvalue weighted by Crippen LogP contribution is 2.35. The van der Waals surface area contributed by atoms with Gasteiger partial charge in [0.15, 0.2) is 5.82 Å². The van der Waals surface area contributed by atoms with Gasteiger partial charge >= 0.3 is 11.9 Å². The number of hydrogen-bond acceptors (Lipinski definition) is 7. The molecule has 23 heavy (non-hydrogen) atoms. The number of aromatic nitrogens is 3. The maximum Gasteiger partial charge on any atom is 0.417 e. The van der Waals surface area contributed by atoms with Gasteiger partial charge in [-0.1, -0.05) is 11.6 Å². The third-order valence-corrected chi connectivity index (χ3v) is 2.94. The molecule has 8 nitrogen and oxygen atoms in total. The van der Waals surface area contributed by atoms with Gasteiger partial charge in [-0.05, 0) is 6.07 Å². The van der Waals surface area contributed by atoms with Gasteiger partial charge in [-0.25, -0.2) is 15.0 Å². The van der Waals surface area contributed by atoms with E-state index in [9.17, 15) is 23.3 Å². The first kappa shape index (κ1) is 16.7. The Kier molecular flexibility index (Phi) is 4.50. The molecular formula is C11H8ClF3N6O2. The van der Waals surface area contributed by atoms with Crippen LogP contribution in [0.4, 0.5) is 36.3 Å². The molecule has 0 radical (unpaired) electrons. The number of anilines is 3. The summed E-state index contributed by atoms with van der Waals surface area (Å²) in [5.41, 5.74) is -1.53. The second kappa shape index (κ2) is 6.20. The number of halogens is 4. The normalized spacial score (nSPS) is 11.2. The molecule has 122 valence electrons. The van der Waals surface area contributed by atoms with Crippen LogP contribution >= 0.6 is 11.6 Å². The molecule has 12 heteroatoms. The molecule has 0 saturated carbocycles. The van der Waals surface area contributed by atoms with Crippen molar-refractivity contribution in [3.63, 3.8) is 0 Å². The lowest BCUT2D eigenvalue weighted by atomic mass is 10.2. The van der Waals surface area contributed by atoms with E-state index >= 15 is 0 Å². The first-order chi connectivity index (χ1) is 10.7. The first-order valence-electron chi connectivity index (χ1n) is 5.91. The molecule has 0 bridgehead atoms. The molecule has 2 aromatic rings. The minimum atomic E-state index is -4.60. The Hall–Kier alpha value is -2.69. The maximum absolute atomic E-state index is 12.6. The highest BCUT2D eigenvalue weighted by atomic mass is 35.5. The number of pyridine rings is 1. The average molecular weight is 349 g/mol. The van der Waals surface area contributed by atoms with Crippen molar-refractivity contribution in [3.8, 4) is 0 Å². The van der Waals surface area contributed by atoms with Gasteiger partial charge in [-0.3, -0.25) is 10.1 Å². The number of nitro groups is 1. The van der Waals surface area contributed by atoms with Crippen LogP contribution in [0.15, 0.2) is 18.6 Å². The van der Waals surface area contributed by atoms with Crippen LogP contribution in [0.3, 0.4) is 0 Å². The van der Waals surface area contributed by atoms with Crippen molar-refractivity contribution in [2.75, 3.05) is 17.7 Å². The van der Waals surface area contributed by atoms with Crippen molar-refractivity contribution < 1.29 is 18.1 Å². The van der Waals surface area contributed by atoms with Gasteiger partial charge in [-0.2, -0.15) is 13.2 Å². The molecule has 0 fully saturated rings. The van der Waals surface area contributed by atoms with Gasteiger partial charge in [0.25, 0.3) is 0 Å². The molecular weight excluding hydrogens is 341 g/mol. The number of hydrogen-bond donors (Lipinski definition) is 2. The smallest absolute Gasteiger partial charge is 0.367 e. The predicted molar refractivity (Wildman–Crippen MR) is 75.8 cm³/mol. The van der Waals surface area contributed by atoms with E-state index in [1.54, 1.807) is 0 Å². The molecule has 0 aliphatic carbocycles. The van der Waals surface area contributed by atoms with Crippen LogP contribution in [-0.4, -0.2) is 26.9 Å². The number of alkyl halides is 3. The average Bonchev–Trinajstić information content (AvgIpc) is 2.47. The van der Waals surface area contributed by atoms with Gasteiger partial charge in [-0.15, -0.1) is 0 Å². The van der Waals surface area contributed by atoms with E-state index in [1.807, 2.05) is 0 Å². The van der Waals surface area contributed by atoms with E-state index in [2.05, 4.69) is 25.6 Å². The van der Waals surface area contributed by atoms with Gasteiger partial charge in [0.05, 0.1) is 15.5 Å². The SMILES string of the molecule is CNc1ncnc(Nc2ncc(C(F)(F)F)cc2Cl)c1[N+](=O)[O-]. The summed E-state index contributed by atoms with van der Waals surface area (Å²) < 4.78 is 37.7. The van der Waals surface area contributed by atoms with Gasteiger partial charge < -0.3 is 10.6 Å². The molecule has 2 aromatic heterocycles. The van der Waals surface area contributed by atoms with Crippen molar-refractivity contribution in [2.24, 2.45) is 0 Å². The zero-order valence-corrected chi connectivity index (χ0v) is 12.1. The summed E-state index contributed by atoms with van der Waals surface area (Å²) in [6, 6.07) is 0.656. The largest absolute Gasteiger partial charge is 0.417 e. The van der Waals surface area contributed by atoms with Crippen LogP contribution in [0, 0.1) is 10.1 Å². The van der Waals surface area contributed by atoms with Crippen molar-refractivity contribution in [1.29, 1.82) is 0 Å². The zero-order chi connectivity index (χ0) is 17.2. The topological polar surface area (TPSA) is 106 Å². The van der Waals surface area contributed by atoms with Crippen LogP contribution in [0.1, 0.15) is 5.56 Å². The van der Waals surface area contributed by atoms with E-state index in [0.717, 1.165) is 6.33 Å². The molecule has 2 heterocycles. The maximum atomic E-state index is 12.6. The summed E-state index contributed by atoms with van der Waals surface area (Å²) in [5, 5.41) is 15.7. The second-order valence-corrected chi connectivity index (χ2v) is 4.51. The highest BCUT2D eigenvalue weighted by Gasteiger charge is 2.32. The zero-order valence-electron chi connectivity index (χ0n) is 11.3. The minimum absolute atomic E-state index is 0.0736. The summed E-state index contributed by atoms with van der Waals surface area (Å²) >= 11 is 5.74. The van der Waals surface area contributed by atoms with E-state index in [-0.39, 0.29) is 22.5 Å². The Labute approximate surface area is 131 Å². The predicted octanol–water partition coefficient (Wildman–Crippen LogP) is 3.24. The molecule has 0 amide bonds. The lowest BCUT2D eigenvalue weighted by Crippen LogP contribution is -2.08. The Morgan fingerprint density at radius 1 is 1.22 bits per heavy atom. The van der Waals surface area contributed by atoms with Crippen molar-refractivity contribution in [2.45, 2.75) is 6.18 Å².